The lowest BCUT2D eigenvalue weighted by Crippen LogP contribution is -2.14. The first-order chi connectivity index (χ1) is 39.6. The van der Waals surface area contributed by atoms with Gasteiger partial charge in [-0.1, -0.05) is 250 Å². The van der Waals surface area contributed by atoms with Crippen LogP contribution in [0.1, 0.15) is 7.43 Å². The standard InChI is InChI=1S/C50H36N2.C26H16Br2.CH4/c1-7-19-37(20-8-1)39-31-33-45-47(35-39)49(51(41-23-11-3-12-24-41)42-25-13-4-14-26-42)46-34-32-40(38-21-9-2-10-22-38)36-48(46)50(45)52(43-27-15-5-16-28-43)44-29-17-6-18-30-44;27-25-22-14-12-20(18-9-5-2-6-10-18)16-24(22)26(28)21-13-11-19(15-23(21)25)17-7-3-1-4-8-17;/h1-36H;1-16H;1H4. The molecule has 0 saturated heterocycles. The van der Waals surface area contributed by atoms with Gasteiger partial charge in [-0.15, -0.1) is 0 Å². The maximum Gasteiger partial charge on any atom is 0.0620 e. The van der Waals surface area contributed by atoms with Crippen molar-refractivity contribution in [2.45, 2.75) is 7.43 Å². The number of anilines is 6. The Morgan fingerprint density at radius 2 is 0.395 bits per heavy atom. The van der Waals surface area contributed by atoms with Crippen molar-refractivity contribution in [3.05, 3.63) is 324 Å². The third-order valence-electron chi connectivity index (χ3n) is 15.0. The molecule has 0 fully saturated rings. The summed E-state index contributed by atoms with van der Waals surface area (Å²) in [6.07, 6.45) is 0. The number of nitrogens with zero attached hydrogens (tertiary/aromatic N) is 2. The molecule has 81 heavy (non-hydrogen) atoms. The van der Waals surface area contributed by atoms with E-state index in [2.05, 4.69) is 357 Å². The molecule has 0 bridgehead atoms. The fourth-order valence-corrected chi connectivity index (χ4v) is 12.5. The van der Waals surface area contributed by atoms with E-state index >= 15 is 0 Å². The van der Waals surface area contributed by atoms with Crippen LogP contribution in [0.2, 0.25) is 0 Å². The summed E-state index contributed by atoms with van der Waals surface area (Å²) in [5.41, 5.74) is 16.3. The zero-order chi connectivity index (χ0) is 53.8. The van der Waals surface area contributed by atoms with E-state index in [1.54, 1.807) is 0 Å². The number of benzene rings is 14. The van der Waals surface area contributed by atoms with Crippen molar-refractivity contribution in [2.24, 2.45) is 0 Å². The van der Waals surface area contributed by atoms with Gasteiger partial charge in [0.1, 0.15) is 0 Å². The van der Waals surface area contributed by atoms with Gasteiger partial charge in [-0.3, -0.25) is 0 Å². The smallest absolute Gasteiger partial charge is 0.0620 e. The molecular formula is C77H56Br2N2. The van der Waals surface area contributed by atoms with Crippen molar-refractivity contribution in [3.8, 4) is 44.5 Å². The summed E-state index contributed by atoms with van der Waals surface area (Å²) in [7, 11) is 0. The van der Waals surface area contributed by atoms with E-state index in [0.717, 1.165) is 53.8 Å². The Kier molecular flexibility index (Phi) is 15.2. The average Bonchev–Trinajstić information content (AvgIpc) is 3.73. The first-order valence-corrected chi connectivity index (χ1v) is 28.5. The molecular weight excluding hydrogens is 1110 g/mol. The maximum absolute atomic E-state index is 3.88. The molecule has 388 valence electrons. The Labute approximate surface area is 491 Å². The zero-order valence-corrected chi connectivity index (χ0v) is 46.8. The summed E-state index contributed by atoms with van der Waals surface area (Å²) >= 11 is 7.77. The van der Waals surface area contributed by atoms with Gasteiger partial charge in [0.15, 0.2) is 0 Å². The first-order valence-electron chi connectivity index (χ1n) is 27.0. The Morgan fingerprint density at radius 1 is 0.185 bits per heavy atom. The van der Waals surface area contributed by atoms with E-state index in [-0.39, 0.29) is 7.43 Å². The molecule has 0 atom stereocenters. The lowest BCUT2D eigenvalue weighted by molar-refractivity contribution is 1.29. The van der Waals surface area contributed by atoms with Crippen LogP contribution in [-0.4, -0.2) is 0 Å². The van der Waals surface area contributed by atoms with Gasteiger partial charge in [0, 0.05) is 53.2 Å². The highest BCUT2D eigenvalue weighted by molar-refractivity contribution is 9.11. The molecule has 4 heteroatoms. The second kappa shape index (κ2) is 23.6. The average molecular weight is 1170 g/mol. The number of halogens is 2. The molecule has 0 N–H and O–H groups in total. The van der Waals surface area contributed by atoms with Crippen molar-refractivity contribution in [2.75, 3.05) is 9.80 Å². The SMILES string of the molecule is Brc1c2ccc(-c3ccccc3)cc2c(Br)c2ccc(-c3ccccc3)cc12.C.c1ccc(-c2ccc3c(N(c4ccccc4)c4ccccc4)c4cc(-c5ccccc5)ccc4c(N(c4ccccc4)c4ccccc4)c3c2)cc1. The van der Waals surface area contributed by atoms with Gasteiger partial charge in [-0.2, -0.15) is 0 Å². The summed E-state index contributed by atoms with van der Waals surface area (Å²) in [4.78, 5) is 4.86. The van der Waals surface area contributed by atoms with E-state index in [1.807, 2.05) is 0 Å². The number of fused-ring (bicyclic) bond motifs is 4. The fourth-order valence-electron chi connectivity index (χ4n) is 11.2. The van der Waals surface area contributed by atoms with E-state index in [1.165, 1.54) is 76.8 Å². The topological polar surface area (TPSA) is 6.48 Å². The predicted octanol–water partition coefficient (Wildman–Crippen LogP) is 23.8. The van der Waals surface area contributed by atoms with Crippen LogP contribution in [0.25, 0.3) is 87.6 Å². The summed E-state index contributed by atoms with van der Waals surface area (Å²) in [6, 6.07) is 113. The van der Waals surface area contributed by atoms with Gasteiger partial charge in [0.05, 0.1) is 11.4 Å². The van der Waals surface area contributed by atoms with Crippen LogP contribution in [0, 0.1) is 0 Å². The van der Waals surface area contributed by atoms with Crippen molar-refractivity contribution in [3.63, 3.8) is 0 Å². The highest BCUT2D eigenvalue weighted by Gasteiger charge is 2.26. The monoisotopic (exact) mass is 1170 g/mol. The predicted molar refractivity (Wildman–Crippen MR) is 356 cm³/mol. The first kappa shape index (κ1) is 52.4. The third kappa shape index (κ3) is 10.4. The molecule has 0 unspecified atom stereocenters. The normalized spacial score (nSPS) is 11.0. The van der Waals surface area contributed by atoms with E-state index in [4.69, 9.17) is 0 Å². The summed E-state index contributed by atoms with van der Waals surface area (Å²) in [6.45, 7) is 0. The highest BCUT2D eigenvalue weighted by Crippen LogP contribution is 2.52. The van der Waals surface area contributed by atoms with Crippen molar-refractivity contribution >= 4 is 109 Å². The van der Waals surface area contributed by atoms with Crippen LogP contribution in [-0.2, 0) is 0 Å². The summed E-state index contributed by atoms with van der Waals surface area (Å²) < 4.78 is 2.27. The van der Waals surface area contributed by atoms with Crippen LogP contribution >= 0.6 is 31.9 Å². The Balaban J connectivity index is 0.000000189. The van der Waals surface area contributed by atoms with Gasteiger partial charge < -0.3 is 9.80 Å². The molecule has 0 aromatic heterocycles. The Hall–Kier alpha value is -9.32. The quantitative estimate of drug-likeness (QED) is 0.0995. The van der Waals surface area contributed by atoms with Gasteiger partial charge >= 0.3 is 0 Å². The molecule has 0 radical (unpaired) electrons. The lowest BCUT2D eigenvalue weighted by atomic mass is 9.91. The molecule has 14 rings (SSSR count). The van der Waals surface area contributed by atoms with E-state index in [9.17, 15) is 0 Å². The van der Waals surface area contributed by atoms with Crippen LogP contribution in [0.15, 0.2) is 324 Å². The molecule has 2 nitrogen and oxygen atoms in total. The second-order valence-electron chi connectivity index (χ2n) is 19.8. The minimum atomic E-state index is 0. The van der Waals surface area contributed by atoms with Gasteiger partial charge in [-0.25, -0.2) is 0 Å². The molecule has 0 heterocycles. The largest absolute Gasteiger partial charge is 0.309 e. The number of hydrogen-bond acceptors (Lipinski definition) is 2. The maximum atomic E-state index is 3.88. The fraction of sp³-hybridized carbons (Fsp3) is 0.0130. The van der Waals surface area contributed by atoms with Crippen LogP contribution in [0.5, 0.6) is 0 Å². The lowest BCUT2D eigenvalue weighted by Gasteiger charge is -2.33. The number of hydrogen-bond donors (Lipinski definition) is 0. The summed E-state index contributed by atoms with van der Waals surface area (Å²) in [5, 5.41) is 9.52. The minimum Gasteiger partial charge on any atom is -0.309 e. The van der Waals surface area contributed by atoms with Crippen molar-refractivity contribution in [1.29, 1.82) is 0 Å². The Bertz CT molecular complexity index is 4080. The van der Waals surface area contributed by atoms with Crippen LogP contribution < -0.4 is 9.80 Å². The third-order valence-corrected chi connectivity index (χ3v) is 16.7. The van der Waals surface area contributed by atoms with Gasteiger partial charge in [0.25, 0.3) is 0 Å². The second-order valence-corrected chi connectivity index (χ2v) is 21.4. The molecule has 14 aromatic carbocycles. The van der Waals surface area contributed by atoms with Crippen LogP contribution in [0.4, 0.5) is 34.1 Å². The Morgan fingerprint density at radius 3 is 0.642 bits per heavy atom. The highest BCUT2D eigenvalue weighted by atomic mass is 79.9. The molecule has 0 saturated carbocycles. The molecule has 0 aliphatic heterocycles. The zero-order valence-electron chi connectivity index (χ0n) is 43.7. The minimum absolute atomic E-state index is 0. The summed E-state index contributed by atoms with van der Waals surface area (Å²) in [5.74, 6) is 0. The van der Waals surface area contributed by atoms with Crippen molar-refractivity contribution < 1.29 is 0 Å². The van der Waals surface area contributed by atoms with Gasteiger partial charge in [0.2, 0.25) is 0 Å². The van der Waals surface area contributed by atoms with Crippen LogP contribution in [0.3, 0.4) is 0 Å². The molecule has 0 aliphatic rings. The van der Waals surface area contributed by atoms with Crippen molar-refractivity contribution in [1.82, 2.24) is 0 Å². The molecule has 0 spiro atoms. The van der Waals surface area contributed by atoms with Gasteiger partial charge in [-0.05, 0) is 171 Å². The van der Waals surface area contributed by atoms with E-state index < -0.39 is 0 Å². The molecule has 14 aromatic rings. The molecule has 0 amide bonds. The number of rotatable bonds is 10. The number of para-hydroxylation sites is 4. The molecule has 0 aliphatic carbocycles. The van der Waals surface area contributed by atoms with E-state index in [0.29, 0.717) is 0 Å².